The highest BCUT2D eigenvalue weighted by atomic mass is 19.4. The van der Waals surface area contributed by atoms with Gasteiger partial charge in [-0.25, -0.2) is 9.59 Å². The Kier molecular flexibility index (Phi) is 8.65. The first-order valence-corrected chi connectivity index (χ1v) is 8.65. The number of carbonyl (C=O) groups is 3. The topological polar surface area (TPSA) is 89.9 Å². The van der Waals surface area contributed by atoms with Crippen LogP contribution in [-0.2, 0) is 23.9 Å². The van der Waals surface area contributed by atoms with Crippen molar-refractivity contribution < 1.29 is 81.6 Å². The summed E-state index contributed by atoms with van der Waals surface area (Å²) in [6.07, 6.45) is 0.171. The van der Waals surface area contributed by atoms with E-state index in [2.05, 4.69) is 9.47 Å². The van der Waals surface area contributed by atoms with Crippen LogP contribution in [0.1, 0.15) is 27.2 Å². The summed E-state index contributed by atoms with van der Waals surface area (Å²) < 4.78 is 168. The normalized spacial score (nSPS) is 14.6. The number of rotatable bonds is 12. The fourth-order valence-electron chi connectivity index (χ4n) is 1.75. The number of halogens is 12. The van der Waals surface area contributed by atoms with Gasteiger partial charge < -0.3 is 14.6 Å². The van der Waals surface area contributed by atoms with E-state index in [0.29, 0.717) is 0 Å². The Morgan fingerprint density at radius 1 is 0.618 bits per heavy atom. The summed E-state index contributed by atoms with van der Waals surface area (Å²) in [7, 11) is 0. The third kappa shape index (κ3) is 4.85. The molecule has 0 aliphatic carbocycles. The maximum absolute atomic E-state index is 13.6. The minimum Gasteiger partial charge on any atom is -0.477 e. The second-order valence-electron chi connectivity index (χ2n) is 7.26. The number of hydrogen-bond acceptors (Lipinski definition) is 5. The summed E-state index contributed by atoms with van der Waals surface area (Å²) in [4.78, 5) is 32.7. The van der Waals surface area contributed by atoms with Crippen LogP contribution in [0.2, 0.25) is 0 Å². The van der Waals surface area contributed by atoms with Gasteiger partial charge in [0.25, 0.3) is 0 Å². The van der Waals surface area contributed by atoms with Crippen LogP contribution in [0.3, 0.4) is 0 Å². The number of esters is 2. The Bertz CT molecular complexity index is 793. The number of carboxylic acids is 1. The predicted octanol–water partition coefficient (Wildman–Crippen LogP) is 4.41. The summed E-state index contributed by atoms with van der Waals surface area (Å²) in [5.74, 6) is -55.0. The third-order valence-corrected chi connectivity index (χ3v) is 4.48. The minimum absolute atomic E-state index is 0.171. The molecule has 0 aliphatic heterocycles. The summed E-state index contributed by atoms with van der Waals surface area (Å²) >= 11 is 0. The largest absolute Gasteiger partial charge is 0.477 e. The van der Waals surface area contributed by atoms with Crippen LogP contribution in [0.25, 0.3) is 0 Å². The fraction of sp³-hybridized carbons (Fsp3) is 0.812. The second kappa shape index (κ2) is 9.31. The molecule has 0 aromatic carbocycles. The molecule has 0 rings (SSSR count). The first-order chi connectivity index (χ1) is 14.8. The van der Waals surface area contributed by atoms with Crippen molar-refractivity contribution in [3.8, 4) is 0 Å². The quantitative estimate of drug-likeness (QED) is 0.228. The number of alkyl halides is 12. The molecule has 0 unspecified atom stereocenters. The van der Waals surface area contributed by atoms with Gasteiger partial charge in [0.2, 0.25) is 0 Å². The molecule has 0 saturated carbocycles. The second-order valence-corrected chi connectivity index (χ2v) is 7.26. The van der Waals surface area contributed by atoms with E-state index in [4.69, 9.17) is 5.11 Å². The molecule has 0 radical (unpaired) electrons. The van der Waals surface area contributed by atoms with Crippen molar-refractivity contribution in [3.63, 3.8) is 0 Å². The summed E-state index contributed by atoms with van der Waals surface area (Å²) in [6, 6.07) is 0. The lowest BCUT2D eigenvalue weighted by Gasteiger charge is -2.39. The average Bonchev–Trinajstić information content (AvgIpc) is 2.69. The molecule has 0 aromatic heterocycles. The van der Waals surface area contributed by atoms with Gasteiger partial charge in [0, 0.05) is 0 Å². The molecule has 200 valence electrons. The van der Waals surface area contributed by atoms with Crippen molar-refractivity contribution in [2.75, 3.05) is 13.2 Å². The Balaban J connectivity index is 5.82. The Labute approximate surface area is 182 Å². The first-order valence-electron chi connectivity index (χ1n) is 8.65. The summed E-state index contributed by atoms with van der Waals surface area (Å²) in [5, 5.41) is 7.83. The van der Waals surface area contributed by atoms with Gasteiger partial charge in [-0.2, -0.15) is 52.7 Å². The van der Waals surface area contributed by atoms with Gasteiger partial charge in [0.1, 0.15) is 13.2 Å². The highest BCUT2D eigenvalue weighted by molar-refractivity contribution is 5.80. The lowest BCUT2D eigenvalue weighted by atomic mass is 9.91. The Morgan fingerprint density at radius 2 is 0.941 bits per heavy atom. The molecule has 34 heavy (non-hydrogen) atoms. The van der Waals surface area contributed by atoms with Crippen molar-refractivity contribution in [1.29, 1.82) is 0 Å². The highest BCUT2D eigenvalue weighted by Crippen LogP contribution is 2.60. The molecule has 0 spiro atoms. The molecule has 0 amide bonds. The predicted molar refractivity (Wildman–Crippen MR) is 83.3 cm³/mol. The molecular formula is C16H16F12O6. The molecule has 0 aromatic rings. The van der Waals surface area contributed by atoms with Crippen LogP contribution < -0.4 is 0 Å². The molecule has 1 N–H and O–H groups in total. The molecule has 0 aliphatic rings. The lowest BCUT2D eigenvalue weighted by molar-refractivity contribution is -0.417. The first kappa shape index (κ1) is 31.6. The summed E-state index contributed by atoms with van der Waals surface area (Å²) in [6.45, 7) is 1.54. The van der Waals surface area contributed by atoms with Crippen LogP contribution >= 0.6 is 0 Å². The van der Waals surface area contributed by atoms with Crippen LogP contribution in [0.5, 0.6) is 0 Å². The highest BCUT2D eigenvalue weighted by Gasteiger charge is 2.92. The number of hydrogen-bond donors (Lipinski definition) is 1. The SMILES string of the molecule is CCC(C)(C)C(=O)OCCOC(=O)C(F)(F)C(F)(F)C(F)(F)C(F)(F)C(F)(F)C(F)(F)C(=O)O. The van der Waals surface area contributed by atoms with Crippen LogP contribution in [-0.4, -0.2) is 71.8 Å². The molecule has 0 heterocycles. The lowest BCUT2D eigenvalue weighted by Crippen LogP contribution is -2.72. The van der Waals surface area contributed by atoms with E-state index in [1.165, 1.54) is 20.8 Å². The zero-order chi connectivity index (χ0) is 27.8. The number of carbonyl (C=O) groups excluding carboxylic acids is 2. The fourth-order valence-corrected chi connectivity index (χ4v) is 1.75. The van der Waals surface area contributed by atoms with Gasteiger partial charge in [-0.05, 0) is 20.3 Å². The molecule has 6 nitrogen and oxygen atoms in total. The van der Waals surface area contributed by atoms with Crippen molar-refractivity contribution in [3.05, 3.63) is 0 Å². The molecule has 0 bridgehead atoms. The zero-order valence-corrected chi connectivity index (χ0v) is 17.1. The van der Waals surface area contributed by atoms with E-state index in [0.717, 1.165) is 0 Å². The molecule has 18 heteroatoms. The van der Waals surface area contributed by atoms with Crippen molar-refractivity contribution in [1.82, 2.24) is 0 Å². The monoisotopic (exact) mass is 532 g/mol. The standard InChI is InChI=1S/C16H16F12O6/c1-4-10(2,3)8(31)33-5-6-34-9(32)12(19,20)14(23,24)16(27,28)15(25,26)13(21,22)11(17,18)7(29)30/h4-6H2,1-3H3,(H,29,30). The van der Waals surface area contributed by atoms with Gasteiger partial charge in [0.15, 0.2) is 0 Å². The maximum atomic E-state index is 13.6. The van der Waals surface area contributed by atoms with Crippen molar-refractivity contribution >= 4 is 17.9 Å². The van der Waals surface area contributed by atoms with E-state index in [1.807, 2.05) is 0 Å². The van der Waals surface area contributed by atoms with Crippen LogP contribution in [0.4, 0.5) is 52.7 Å². The van der Waals surface area contributed by atoms with Crippen LogP contribution in [0.15, 0.2) is 0 Å². The number of carboxylic acid groups (broad SMARTS) is 1. The Hall–Kier alpha value is -2.43. The van der Waals surface area contributed by atoms with E-state index in [-0.39, 0.29) is 6.42 Å². The van der Waals surface area contributed by atoms with E-state index in [9.17, 15) is 67.1 Å². The number of ether oxygens (including phenoxy) is 2. The van der Waals surface area contributed by atoms with Gasteiger partial charge >= 0.3 is 53.4 Å². The van der Waals surface area contributed by atoms with Crippen molar-refractivity contribution in [2.24, 2.45) is 5.41 Å². The van der Waals surface area contributed by atoms with E-state index in [1.54, 1.807) is 0 Å². The van der Waals surface area contributed by atoms with Gasteiger partial charge in [-0.3, -0.25) is 4.79 Å². The van der Waals surface area contributed by atoms with E-state index >= 15 is 0 Å². The average molecular weight is 532 g/mol. The molecule has 0 fully saturated rings. The minimum atomic E-state index is -8.14. The summed E-state index contributed by atoms with van der Waals surface area (Å²) in [5.41, 5.74) is -1.15. The van der Waals surface area contributed by atoms with Gasteiger partial charge in [0.05, 0.1) is 5.41 Å². The molecular weight excluding hydrogens is 516 g/mol. The van der Waals surface area contributed by atoms with E-state index < -0.39 is 72.1 Å². The van der Waals surface area contributed by atoms with Crippen LogP contribution in [0, 0.1) is 5.41 Å². The number of aliphatic carboxylic acids is 1. The molecule has 0 atom stereocenters. The van der Waals surface area contributed by atoms with Crippen molar-refractivity contribution in [2.45, 2.75) is 62.7 Å². The third-order valence-electron chi connectivity index (χ3n) is 4.48. The maximum Gasteiger partial charge on any atom is 0.410 e. The Morgan fingerprint density at radius 3 is 1.26 bits per heavy atom. The molecule has 0 saturated heterocycles. The smallest absolute Gasteiger partial charge is 0.410 e. The van der Waals surface area contributed by atoms with Gasteiger partial charge in [-0.1, -0.05) is 6.92 Å². The van der Waals surface area contributed by atoms with Gasteiger partial charge in [-0.15, -0.1) is 0 Å². The zero-order valence-electron chi connectivity index (χ0n) is 17.1.